The van der Waals surface area contributed by atoms with Crippen LogP contribution < -0.4 is 26.6 Å². The number of nitrogens with zero attached hydrogens (tertiary/aromatic N) is 6. The third-order valence-corrected chi connectivity index (χ3v) is 13.4. The molecule has 6 N–H and O–H groups in total. The first-order valence-electron chi connectivity index (χ1n) is 22.5. The van der Waals surface area contributed by atoms with E-state index in [1.54, 1.807) is 24.5 Å². The third kappa shape index (κ3) is 9.91. The van der Waals surface area contributed by atoms with Crippen LogP contribution in [0.5, 0.6) is 0 Å². The van der Waals surface area contributed by atoms with E-state index < -0.39 is 35.2 Å². The maximum Gasteiger partial charge on any atom is 0.264 e. The molecule has 8 rings (SSSR count). The zero-order valence-corrected chi connectivity index (χ0v) is 36.7. The van der Waals surface area contributed by atoms with E-state index in [-0.39, 0.29) is 41.8 Å². The van der Waals surface area contributed by atoms with E-state index in [0.717, 1.165) is 79.1 Å². The quantitative estimate of drug-likeness (QED) is 0.0746. The number of rotatable bonds is 17. The lowest BCUT2D eigenvalue weighted by Crippen LogP contribution is -2.60. The van der Waals surface area contributed by atoms with Crippen LogP contribution >= 0.6 is 11.6 Å². The summed E-state index contributed by atoms with van der Waals surface area (Å²) in [7, 11) is 0. The van der Waals surface area contributed by atoms with E-state index in [1.165, 1.54) is 0 Å². The lowest BCUT2D eigenvalue weighted by molar-refractivity contribution is -0.136. The number of nitrogens with one attached hydrogen (secondary N) is 4. The Morgan fingerprint density at radius 2 is 1.64 bits per heavy atom. The van der Waals surface area contributed by atoms with Gasteiger partial charge in [0.15, 0.2) is 0 Å². The molecule has 2 aromatic heterocycles. The van der Waals surface area contributed by atoms with Crippen molar-refractivity contribution in [2.75, 3.05) is 62.6 Å². The first-order chi connectivity index (χ1) is 31.0. The van der Waals surface area contributed by atoms with Gasteiger partial charge < -0.3 is 31.2 Å². The van der Waals surface area contributed by atoms with Crippen LogP contribution in [0.25, 0.3) is 11.0 Å². The molecular formula is C46H56ClN11O6. The molecule has 64 heavy (non-hydrogen) atoms. The number of halogens is 1. The average Bonchev–Trinajstić information content (AvgIpc) is 3.89. The molecule has 6 amide bonds. The second-order valence-electron chi connectivity index (χ2n) is 17.3. The van der Waals surface area contributed by atoms with E-state index in [4.69, 9.17) is 17.3 Å². The van der Waals surface area contributed by atoms with E-state index in [2.05, 4.69) is 40.7 Å². The molecule has 0 saturated carbocycles. The summed E-state index contributed by atoms with van der Waals surface area (Å²) in [6.45, 7) is 5.38. The smallest absolute Gasteiger partial charge is 0.264 e. The summed E-state index contributed by atoms with van der Waals surface area (Å²) in [5, 5.41) is 10.4. The Hall–Kier alpha value is -5.91. The lowest BCUT2D eigenvalue weighted by atomic mass is 9.87. The Kier molecular flexibility index (Phi) is 13.9. The Balaban J connectivity index is 0.730. The molecule has 0 spiro atoms. The van der Waals surface area contributed by atoms with Gasteiger partial charge in [0.05, 0.1) is 28.1 Å². The number of imide groups is 2. The van der Waals surface area contributed by atoms with Gasteiger partial charge in [0.25, 0.3) is 11.8 Å². The van der Waals surface area contributed by atoms with Gasteiger partial charge in [-0.3, -0.25) is 43.9 Å². The van der Waals surface area contributed by atoms with Crippen LogP contribution in [-0.4, -0.2) is 129 Å². The van der Waals surface area contributed by atoms with E-state index in [0.29, 0.717) is 69.1 Å². The normalized spacial score (nSPS) is 19.5. The summed E-state index contributed by atoms with van der Waals surface area (Å²) < 4.78 is 0. The van der Waals surface area contributed by atoms with Crippen molar-refractivity contribution in [1.82, 2.24) is 40.3 Å². The summed E-state index contributed by atoms with van der Waals surface area (Å²) in [6.07, 6.45) is 10.2. The van der Waals surface area contributed by atoms with Crippen molar-refractivity contribution in [3.8, 4) is 0 Å². The summed E-state index contributed by atoms with van der Waals surface area (Å²) in [4.78, 5) is 96.9. The molecule has 0 aliphatic carbocycles. The predicted molar refractivity (Wildman–Crippen MR) is 242 cm³/mol. The van der Waals surface area contributed by atoms with Gasteiger partial charge in [0.2, 0.25) is 23.6 Å². The number of anilines is 2. The van der Waals surface area contributed by atoms with Crippen LogP contribution in [0.3, 0.4) is 0 Å². The van der Waals surface area contributed by atoms with Gasteiger partial charge >= 0.3 is 0 Å². The summed E-state index contributed by atoms with van der Waals surface area (Å²) in [5.74, 6) is -1.24. The molecule has 2 aromatic carbocycles. The zero-order chi connectivity index (χ0) is 44.8. The van der Waals surface area contributed by atoms with Gasteiger partial charge in [-0.1, -0.05) is 49.1 Å². The Morgan fingerprint density at radius 1 is 0.891 bits per heavy atom. The number of unbranched alkanes of at least 4 members (excludes halogenated alkanes) is 4. The maximum absolute atomic E-state index is 13.9. The zero-order valence-electron chi connectivity index (χ0n) is 36.0. The predicted octanol–water partition coefficient (Wildman–Crippen LogP) is 4.15. The van der Waals surface area contributed by atoms with Crippen molar-refractivity contribution in [3.05, 3.63) is 82.8 Å². The molecule has 2 unspecified atom stereocenters. The van der Waals surface area contributed by atoms with Crippen molar-refractivity contribution in [2.24, 2.45) is 5.73 Å². The van der Waals surface area contributed by atoms with Crippen LogP contribution in [0.4, 0.5) is 11.5 Å². The second-order valence-corrected chi connectivity index (χ2v) is 17.7. The molecule has 6 heterocycles. The molecule has 17 nitrogen and oxygen atoms in total. The van der Waals surface area contributed by atoms with Crippen molar-refractivity contribution in [2.45, 2.75) is 88.3 Å². The Labute approximate surface area is 376 Å². The number of carbonyl (C=O) groups excluding carboxylic acids is 6. The number of benzene rings is 2. The van der Waals surface area contributed by atoms with Crippen LogP contribution in [0.1, 0.15) is 103 Å². The highest BCUT2D eigenvalue weighted by atomic mass is 35.5. The number of piperidine rings is 2. The number of carbonyl (C=O) groups is 6. The highest BCUT2D eigenvalue weighted by Crippen LogP contribution is 2.33. The number of hydrogen-bond acceptors (Lipinski definition) is 12. The van der Waals surface area contributed by atoms with Gasteiger partial charge in [-0.2, -0.15) is 0 Å². The van der Waals surface area contributed by atoms with Crippen LogP contribution in [-0.2, 0) is 19.2 Å². The lowest BCUT2D eigenvalue weighted by Gasteiger charge is -2.39. The SMILES string of the molecule is NC1(C(=O)NC(CCN2CCN(C(=O)CCCCCCCNc3cccc4c3C(=O)N(C3CCC(=O)NC3=O)C4=O)CC2)c2ccc(Cl)cc2)CCN(c2ncnc3[nH]ccc23)CC1. The first kappa shape index (κ1) is 44.7. The highest BCUT2D eigenvalue weighted by Gasteiger charge is 2.46. The molecule has 3 saturated heterocycles. The van der Waals surface area contributed by atoms with Gasteiger partial charge in [0, 0.05) is 82.1 Å². The molecule has 4 aromatic rings. The minimum atomic E-state index is -1.02. The number of fused-ring (bicyclic) bond motifs is 2. The number of aromatic amines is 1. The molecule has 4 aliphatic heterocycles. The third-order valence-electron chi connectivity index (χ3n) is 13.1. The number of nitrogens with two attached hydrogens (primary N) is 1. The molecule has 0 bridgehead atoms. The van der Waals surface area contributed by atoms with Gasteiger partial charge in [-0.25, -0.2) is 9.97 Å². The minimum Gasteiger partial charge on any atom is -0.384 e. The van der Waals surface area contributed by atoms with E-state index in [9.17, 15) is 28.8 Å². The number of amides is 6. The van der Waals surface area contributed by atoms with Crippen LogP contribution in [0.15, 0.2) is 61.1 Å². The van der Waals surface area contributed by atoms with Crippen molar-refractivity contribution in [3.63, 3.8) is 0 Å². The Morgan fingerprint density at radius 3 is 2.41 bits per heavy atom. The van der Waals surface area contributed by atoms with Crippen molar-refractivity contribution in [1.29, 1.82) is 0 Å². The van der Waals surface area contributed by atoms with Crippen molar-refractivity contribution < 1.29 is 28.8 Å². The molecule has 4 aliphatic rings. The van der Waals surface area contributed by atoms with E-state index in [1.807, 2.05) is 41.4 Å². The Bertz CT molecular complexity index is 2370. The molecule has 3 fully saturated rings. The fourth-order valence-electron chi connectivity index (χ4n) is 9.28. The summed E-state index contributed by atoms with van der Waals surface area (Å²) >= 11 is 6.23. The maximum atomic E-state index is 13.9. The molecular weight excluding hydrogens is 838 g/mol. The standard InChI is InChI=1S/C46H56ClN11O6/c47-31-12-10-30(11-13-31)34(53-45(64)46(48)18-23-57(24-19-46)41-33-16-21-50-40(33)51-29-52-41)17-22-55-25-27-56(28-26-55)38(60)9-4-2-1-3-5-20-49-35-8-6-7-32-39(35)44(63)58(43(32)62)36-14-15-37(59)54-42(36)61/h6-8,10-13,16,21,29,34,36,49H,1-5,9,14-15,17-20,22-28,48H2,(H,53,64)(H,50,51,52)(H,54,59,61). The number of hydrogen-bond donors (Lipinski definition) is 5. The second kappa shape index (κ2) is 19.9. The first-order valence-corrected chi connectivity index (χ1v) is 22.8. The topological polar surface area (TPSA) is 219 Å². The number of H-pyrrole nitrogens is 1. The number of aromatic nitrogens is 3. The molecule has 0 radical (unpaired) electrons. The fourth-order valence-corrected chi connectivity index (χ4v) is 9.41. The van der Waals surface area contributed by atoms with Gasteiger partial charge in [-0.05, 0) is 74.4 Å². The molecule has 2 atom stereocenters. The highest BCUT2D eigenvalue weighted by molar-refractivity contribution is 6.30. The fraction of sp³-hybridized carbons (Fsp3) is 0.478. The number of piperazine rings is 1. The van der Waals surface area contributed by atoms with Gasteiger partial charge in [-0.15, -0.1) is 0 Å². The molecule has 338 valence electrons. The van der Waals surface area contributed by atoms with Crippen molar-refractivity contribution >= 4 is 69.6 Å². The molecule has 18 heteroatoms. The monoisotopic (exact) mass is 893 g/mol. The van der Waals surface area contributed by atoms with Gasteiger partial charge in [0.1, 0.15) is 23.8 Å². The average molecular weight is 894 g/mol. The minimum absolute atomic E-state index is 0.0711. The van der Waals surface area contributed by atoms with Crippen LogP contribution in [0, 0.1) is 0 Å². The van der Waals surface area contributed by atoms with Crippen LogP contribution in [0.2, 0.25) is 5.02 Å². The largest absolute Gasteiger partial charge is 0.384 e. The summed E-state index contributed by atoms with van der Waals surface area (Å²) in [5.41, 5.74) is 8.61. The summed E-state index contributed by atoms with van der Waals surface area (Å²) in [6, 6.07) is 13.3. The van der Waals surface area contributed by atoms with E-state index >= 15 is 0 Å².